The number of rotatable bonds is 10. The molecule has 0 amide bonds. The second-order valence-electron chi connectivity index (χ2n) is 8.95. The van der Waals surface area contributed by atoms with Crippen LogP contribution in [0.5, 0.6) is 5.75 Å². The fourth-order valence-electron chi connectivity index (χ4n) is 5.15. The third-order valence-corrected chi connectivity index (χ3v) is 7.25. The van der Waals surface area contributed by atoms with Crippen molar-refractivity contribution in [3.05, 3.63) is 29.8 Å². The van der Waals surface area contributed by atoms with Gasteiger partial charge in [-0.25, -0.2) is 0 Å². The van der Waals surface area contributed by atoms with Crippen molar-refractivity contribution in [2.75, 3.05) is 6.61 Å². The van der Waals surface area contributed by atoms with Crippen molar-refractivity contribution in [3.8, 4) is 24.0 Å². The van der Waals surface area contributed by atoms with Gasteiger partial charge in [-0.3, -0.25) is 5.41 Å². The second kappa shape index (κ2) is 9.82. The maximum atomic E-state index is 10.2. The van der Waals surface area contributed by atoms with Gasteiger partial charge in [0, 0.05) is 6.42 Å². The molecule has 1 aromatic rings. The SMILES string of the molecule is CCCCCCCCOc1ccc(C2OC3(CC)OC(=N)C(C#N)(C3C)C2(C#N)C#N)cc1. The lowest BCUT2D eigenvalue weighted by Crippen LogP contribution is -2.58. The van der Waals surface area contributed by atoms with Gasteiger partial charge in [0.25, 0.3) is 0 Å². The van der Waals surface area contributed by atoms with Gasteiger partial charge in [-0.05, 0) is 24.1 Å². The van der Waals surface area contributed by atoms with E-state index >= 15 is 0 Å². The lowest BCUT2D eigenvalue weighted by atomic mass is 9.53. The largest absolute Gasteiger partial charge is 0.494 e. The van der Waals surface area contributed by atoms with Gasteiger partial charge in [0.15, 0.2) is 5.41 Å². The second-order valence-corrected chi connectivity index (χ2v) is 8.95. The van der Waals surface area contributed by atoms with E-state index in [0.29, 0.717) is 24.3 Å². The van der Waals surface area contributed by atoms with Crippen LogP contribution in [0, 0.1) is 56.2 Å². The van der Waals surface area contributed by atoms with Crippen LogP contribution in [0.2, 0.25) is 0 Å². The number of nitriles is 3. The monoisotopic (exact) mass is 448 g/mol. The molecule has 2 saturated heterocycles. The van der Waals surface area contributed by atoms with E-state index in [2.05, 4.69) is 25.1 Å². The number of fused-ring (bicyclic) bond motifs is 2. The van der Waals surface area contributed by atoms with Gasteiger partial charge >= 0.3 is 0 Å². The summed E-state index contributed by atoms with van der Waals surface area (Å²) in [6, 6.07) is 13.3. The van der Waals surface area contributed by atoms with Crippen LogP contribution >= 0.6 is 0 Å². The van der Waals surface area contributed by atoms with Crippen LogP contribution in [0.3, 0.4) is 0 Å². The van der Waals surface area contributed by atoms with Gasteiger partial charge in [-0.2, -0.15) is 15.8 Å². The first kappa shape index (κ1) is 24.6. The molecular formula is C26H32N4O3. The van der Waals surface area contributed by atoms with Crippen LogP contribution in [0.25, 0.3) is 0 Å². The molecule has 4 unspecified atom stereocenters. The van der Waals surface area contributed by atoms with E-state index in [1.165, 1.54) is 25.7 Å². The van der Waals surface area contributed by atoms with Crippen LogP contribution in [-0.2, 0) is 9.47 Å². The van der Waals surface area contributed by atoms with Crippen LogP contribution in [0.4, 0.5) is 0 Å². The molecule has 7 nitrogen and oxygen atoms in total. The molecule has 2 heterocycles. The summed E-state index contributed by atoms with van der Waals surface area (Å²) in [6.45, 7) is 6.39. The summed E-state index contributed by atoms with van der Waals surface area (Å²) in [5, 5.41) is 39.0. The molecule has 2 aliphatic rings. The van der Waals surface area contributed by atoms with Crippen molar-refractivity contribution in [2.24, 2.45) is 16.7 Å². The minimum absolute atomic E-state index is 0.371. The van der Waals surface area contributed by atoms with Crippen molar-refractivity contribution < 1.29 is 14.2 Å². The van der Waals surface area contributed by atoms with E-state index in [1.54, 1.807) is 31.2 Å². The third kappa shape index (κ3) is 3.73. The smallest absolute Gasteiger partial charge is 0.217 e. The highest BCUT2D eigenvalue weighted by Gasteiger charge is 2.78. The van der Waals surface area contributed by atoms with Gasteiger partial charge in [0.05, 0.1) is 30.7 Å². The molecule has 0 aromatic heterocycles. The van der Waals surface area contributed by atoms with Gasteiger partial charge in [0.1, 0.15) is 11.9 Å². The molecule has 2 fully saturated rings. The van der Waals surface area contributed by atoms with Crippen LogP contribution in [0.15, 0.2) is 24.3 Å². The molecule has 33 heavy (non-hydrogen) atoms. The first-order valence-electron chi connectivity index (χ1n) is 11.8. The minimum Gasteiger partial charge on any atom is -0.494 e. The molecular weight excluding hydrogens is 416 g/mol. The highest BCUT2D eigenvalue weighted by atomic mass is 16.7. The van der Waals surface area contributed by atoms with Crippen molar-refractivity contribution >= 4 is 5.90 Å². The van der Waals surface area contributed by atoms with E-state index in [1.807, 2.05) is 6.92 Å². The maximum absolute atomic E-state index is 10.2. The molecule has 7 heteroatoms. The number of ether oxygens (including phenoxy) is 3. The van der Waals surface area contributed by atoms with E-state index < -0.39 is 28.6 Å². The number of benzene rings is 1. The molecule has 2 bridgehead atoms. The Hall–Kier alpha value is -3.08. The molecule has 174 valence electrons. The van der Waals surface area contributed by atoms with Crippen molar-refractivity contribution in [1.29, 1.82) is 21.2 Å². The Morgan fingerprint density at radius 3 is 2.18 bits per heavy atom. The van der Waals surface area contributed by atoms with Crippen LogP contribution in [-0.4, -0.2) is 18.3 Å². The summed E-state index contributed by atoms with van der Waals surface area (Å²) in [6.07, 6.45) is 6.44. The summed E-state index contributed by atoms with van der Waals surface area (Å²) in [5.41, 5.74) is -3.07. The van der Waals surface area contributed by atoms with Crippen LogP contribution < -0.4 is 4.74 Å². The standard InChI is InChI=1S/C26H32N4O3/c1-4-6-7-8-9-10-15-31-21-13-11-20(12-14-21)22-24(16-27,17-28)25(18-29)19(3)26(5-2,32-22)33-23(25)30/h11-14,19,22,30H,4-10,15H2,1-3H3. The molecule has 0 saturated carbocycles. The predicted octanol–water partition coefficient (Wildman–Crippen LogP) is 5.79. The molecule has 2 aliphatic heterocycles. The van der Waals surface area contributed by atoms with Gasteiger partial charge in [0.2, 0.25) is 17.1 Å². The summed E-state index contributed by atoms with van der Waals surface area (Å²) in [5.74, 6) is -1.56. The summed E-state index contributed by atoms with van der Waals surface area (Å²) in [4.78, 5) is 0. The zero-order valence-electron chi connectivity index (χ0n) is 19.7. The summed E-state index contributed by atoms with van der Waals surface area (Å²) in [7, 11) is 0. The van der Waals surface area contributed by atoms with Gasteiger partial charge < -0.3 is 14.2 Å². The fourth-order valence-corrected chi connectivity index (χ4v) is 5.15. The average Bonchev–Trinajstić information content (AvgIpc) is 3.00. The predicted molar refractivity (Wildman–Crippen MR) is 122 cm³/mol. The Kier molecular flexibility index (Phi) is 7.31. The Morgan fingerprint density at radius 2 is 1.61 bits per heavy atom. The zero-order chi connectivity index (χ0) is 24.1. The lowest BCUT2D eigenvalue weighted by molar-refractivity contribution is -0.280. The Bertz CT molecular complexity index is 973. The zero-order valence-corrected chi connectivity index (χ0v) is 19.7. The van der Waals surface area contributed by atoms with Crippen molar-refractivity contribution in [1.82, 2.24) is 0 Å². The number of unbranched alkanes of at least 4 members (excludes halogenated alkanes) is 5. The molecule has 1 N–H and O–H groups in total. The van der Waals surface area contributed by atoms with E-state index in [-0.39, 0.29) is 5.90 Å². The lowest BCUT2D eigenvalue weighted by Gasteiger charge is -2.48. The fraction of sp³-hybridized carbons (Fsp3) is 0.615. The van der Waals surface area contributed by atoms with E-state index in [4.69, 9.17) is 19.6 Å². The number of hydrogen-bond donors (Lipinski definition) is 1. The molecule has 4 atom stereocenters. The van der Waals surface area contributed by atoms with Crippen LogP contribution in [0.1, 0.15) is 77.4 Å². The quantitative estimate of drug-likeness (QED) is 0.452. The maximum Gasteiger partial charge on any atom is 0.217 e. The highest BCUT2D eigenvalue weighted by Crippen LogP contribution is 2.66. The minimum atomic E-state index is -1.92. The Labute approximate surface area is 196 Å². The van der Waals surface area contributed by atoms with E-state index in [9.17, 15) is 15.8 Å². The number of nitrogens with zero attached hydrogens (tertiary/aromatic N) is 3. The van der Waals surface area contributed by atoms with E-state index in [0.717, 1.165) is 12.8 Å². The topological polar surface area (TPSA) is 123 Å². The summed E-state index contributed by atoms with van der Waals surface area (Å²) < 4.78 is 17.9. The molecule has 0 spiro atoms. The normalized spacial score (nSPS) is 29.4. The Balaban J connectivity index is 1.82. The molecule has 1 aromatic carbocycles. The van der Waals surface area contributed by atoms with Gasteiger partial charge in [-0.15, -0.1) is 0 Å². The highest BCUT2D eigenvalue weighted by molar-refractivity contribution is 5.89. The number of nitrogens with one attached hydrogen (secondary N) is 1. The first-order valence-corrected chi connectivity index (χ1v) is 11.8. The van der Waals surface area contributed by atoms with Gasteiger partial charge in [-0.1, -0.05) is 65.0 Å². The number of hydrogen-bond acceptors (Lipinski definition) is 7. The first-order chi connectivity index (χ1) is 15.9. The molecule has 3 rings (SSSR count). The average molecular weight is 449 g/mol. The van der Waals surface area contributed by atoms with Crippen molar-refractivity contribution in [2.45, 2.75) is 77.6 Å². The molecule has 0 aliphatic carbocycles. The molecule has 0 radical (unpaired) electrons. The van der Waals surface area contributed by atoms with Crippen molar-refractivity contribution in [3.63, 3.8) is 0 Å². The third-order valence-electron chi connectivity index (χ3n) is 7.25. The Morgan fingerprint density at radius 1 is 0.970 bits per heavy atom. The summed E-state index contributed by atoms with van der Waals surface area (Å²) >= 11 is 0.